The second-order valence-electron chi connectivity index (χ2n) is 11.1. The van der Waals surface area contributed by atoms with Crippen molar-refractivity contribution in [2.75, 3.05) is 19.7 Å². The lowest BCUT2D eigenvalue weighted by Crippen LogP contribution is -2.48. The van der Waals surface area contributed by atoms with E-state index in [1.54, 1.807) is 16.2 Å². The van der Waals surface area contributed by atoms with Crippen LogP contribution in [0.4, 0.5) is 0 Å². The molecule has 3 aromatic rings. The van der Waals surface area contributed by atoms with Crippen molar-refractivity contribution >= 4 is 23.2 Å². The summed E-state index contributed by atoms with van der Waals surface area (Å²) < 4.78 is 5.72. The van der Waals surface area contributed by atoms with Gasteiger partial charge in [-0.15, -0.1) is 11.3 Å². The number of hydrogen-bond donors (Lipinski definition) is 0. The minimum absolute atomic E-state index is 0.00468. The molecule has 1 aliphatic carbocycles. The van der Waals surface area contributed by atoms with E-state index in [9.17, 15) is 9.59 Å². The van der Waals surface area contributed by atoms with Crippen molar-refractivity contribution in [3.8, 4) is 0 Å². The van der Waals surface area contributed by atoms with Gasteiger partial charge in [0.2, 0.25) is 11.8 Å². The van der Waals surface area contributed by atoms with Gasteiger partial charge in [0.15, 0.2) is 0 Å². The van der Waals surface area contributed by atoms with E-state index < -0.39 is 0 Å². The number of carbonyl (C=O) groups excluding carboxylic acids is 2. The van der Waals surface area contributed by atoms with Crippen LogP contribution >= 0.6 is 11.3 Å². The van der Waals surface area contributed by atoms with Crippen molar-refractivity contribution in [3.05, 3.63) is 93.2 Å². The number of amides is 2. The summed E-state index contributed by atoms with van der Waals surface area (Å²) in [7, 11) is 0. The Morgan fingerprint density at radius 2 is 1.76 bits per heavy atom. The monoisotopic (exact) mass is 516 g/mol. The van der Waals surface area contributed by atoms with Crippen LogP contribution in [0, 0.1) is 0 Å². The van der Waals surface area contributed by atoms with Gasteiger partial charge in [0, 0.05) is 17.5 Å². The summed E-state index contributed by atoms with van der Waals surface area (Å²) in [6.45, 7) is 7.78. The highest BCUT2D eigenvalue weighted by molar-refractivity contribution is 7.10. The van der Waals surface area contributed by atoms with Crippen molar-refractivity contribution in [3.63, 3.8) is 0 Å². The number of rotatable bonds is 8. The Hall–Kier alpha value is -2.96. The number of benzene rings is 2. The summed E-state index contributed by atoms with van der Waals surface area (Å²) in [6, 6.07) is 20.7. The quantitative estimate of drug-likeness (QED) is 0.384. The third-order valence-electron chi connectivity index (χ3n) is 7.33. The molecule has 194 valence electrons. The molecular weight excluding hydrogens is 480 g/mol. The molecule has 2 amide bonds. The third-order valence-corrected chi connectivity index (χ3v) is 8.33. The van der Waals surface area contributed by atoms with Crippen LogP contribution in [0.15, 0.2) is 66.0 Å². The van der Waals surface area contributed by atoms with Gasteiger partial charge in [-0.25, -0.2) is 0 Å². The Labute approximate surface area is 224 Å². The largest absolute Gasteiger partial charge is 0.367 e. The molecule has 0 radical (unpaired) electrons. The summed E-state index contributed by atoms with van der Waals surface area (Å²) in [4.78, 5) is 32.0. The molecule has 0 N–H and O–H groups in total. The lowest BCUT2D eigenvalue weighted by Gasteiger charge is -2.38. The maximum atomic E-state index is 13.8. The third kappa shape index (κ3) is 5.97. The van der Waals surface area contributed by atoms with E-state index in [0.717, 1.165) is 30.4 Å². The van der Waals surface area contributed by atoms with Gasteiger partial charge in [-0.1, -0.05) is 75.4 Å². The summed E-state index contributed by atoms with van der Waals surface area (Å²) in [5.74, 6) is -0.101. The molecule has 1 saturated carbocycles. The highest BCUT2D eigenvalue weighted by Gasteiger charge is 2.38. The fourth-order valence-electron chi connectivity index (χ4n) is 5.07. The standard InChI is InChI=1S/C31H36N2O3S/c1-31(2,3)24-11-9-23(10-12-24)30-26-16-18-37-27(26)15-17-32(30)28(34)19-33(25-13-14-25)29(35)21-36-20-22-7-5-4-6-8-22/h4-12,16,18,25,30H,13-15,17,19-21H2,1-3H3. The molecule has 1 unspecified atom stereocenters. The zero-order valence-corrected chi connectivity index (χ0v) is 22.8. The predicted molar refractivity (Wildman–Crippen MR) is 148 cm³/mol. The number of carbonyl (C=O) groups is 2. The van der Waals surface area contributed by atoms with Gasteiger partial charge in [0.05, 0.1) is 12.6 Å². The van der Waals surface area contributed by atoms with Crippen molar-refractivity contribution in [1.29, 1.82) is 0 Å². The van der Waals surface area contributed by atoms with Crippen LogP contribution < -0.4 is 0 Å². The Morgan fingerprint density at radius 3 is 2.43 bits per heavy atom. The molecule has 2 heterocycles. The van der Waals surface area contributed by atoms with E-state index >= 15 is 0 Å². The van der Waals surface area contributed by atoms with Gasteiger partial charge in [0.25, 0.3) is 0 Å². The van der Waals surface area contributed by atoms with Crippen LogP contribution in [-0.2, 0) is 32.8 Å². The van der Waals surface area contributed by atoms with Crippen LogP contribution in [0.5, 0.6) is 0 Å². The van der Waals surface area contributed by atoms with Gasteiger partial charge in [-0.05, 0) is 58.4 Å². The average Bonchev–Trinajstić information content (AvgIpc) is 3.62. The minimum atomic E-state index is -0.123. The van der Waals surface area contributed by atoms with Gasteiger partial charge < -0.3 is 14.5 Å². The van der Waals surface area contributed by atoms with Gasteiger partial charge in [0.1, 0.15) is 13.2 Å². The number of ether oxygens (including phenoxy) is 1. The summed E-state index contributed by atoms with van der Waals surface area (Å²) in [5.41, 5.74) is 4.71. The molecule has 37 heavy (non-hydrogen) atoms. The van der Waals surface area contributed by atoms with E-state index in [1.807, 2.05) is 35.2 Å². The van der Waals surface area contributed by atoms with Gasteiger partial charge in [-0.3, -0.25) is 9.59 Å². The van der Waals surface area contributed by atoms with Crippen LogP contribution in [0.3, 0.4) is 0 Å². The van der Waals surface area contributed by atoms with Crippen LogP contribution in [0.2, 0.25) is 0 Å². The molecule has 6 heteroatoms. The smallest absolute Gasteiger partial charge is 0.249 e. The molecule has 1 aliphatic heterocycles. The maximum absolute atomic E-state index is 13.8. The Kier molecular flexibility index (Phi) is 7.50. The topological polar surface area (TPSA) is 49.9 Å². The number of thiophene rings is 1. The molecule has 0 bridgehead atoms. The van der Waals surface area contributed by atoms with Gasteiger partial charge >= 0.3 is 0 Å². The maximum Gasteiger partial charge on any atom is 0.249 e. The van der Waals surface area contributed by atoms with E-state index in [4.69, 9.17) is 4.74 Å². The SMILES string of the molecule is CC(C)(C)c1ccc(C2c3ccsc3CCN2C(=O)CN(C(=O)COCc2ccccc2)C2CC2)cc1. The minimum Gasteiger partial charge on any atom is -0.367 e. The molecule has 1 atom stereocenters. The molecule has 2 aliphatic rings. The molecule has 1 aromatic heterocycles. The second-order valence-corrected chi connectivity index (χ2v) is 12.1. The highest BCUT2D eigenvalue weighted by Crippen LogP contribution is 2.39. The molecule has 1 fully saturated rings. The lowest BCUT2D eigenvalue weighted by atomic mass is 9.85. The molecule has 0 spiro atoms. The molecule has 5 nitrogen and oxygen atoms in total. The molecule has 0 saturated heterocycles. The van der Waals surface area contributed by atoms with Crippen molar-refractivity contribution in [1.82, 2.24) is 9.80 Å². The van der Waals surface area contributed by atoms with E-state index in [-0.39, 0.29) is 42.5 Å². The lowest BCUT2D eigenvalue weighted by molar-refractivity contribution is -0.145. The van der Waals surface area contributed by atoms with Crippen LogP contribution in [0.25, 0.3) is 0 Å². The van der Waals surface area contributed by atoms with Crippen LogP contribution in [-0.4, -0.2) is 47.4 Å². The van der Waals surface area contributed by atoms with Gasteiger partial charge in [-0.2, -0.15) is 0 Å². The Balaban J connectivity index is 1.31. The number of nitrogens with zero attached hydrogens (tertiary/aromatic N) is 2. The summed E-state index contributed by atoms with van der Waals surface area (Å²) in [5, 5.41) is 2.12. The van der Waals surface area contributed by atoms with E-state index in [0.29, 0.717) is 13.2 Å². The molecular formula is C31H36N2O3S. The highest BCUT2D eigenvalue weighted by atomic mass is 32.1. The van der Waals surface area contributed by atoms with E-state index in [1.165, 1.54) is 16.0 Å². The normalized spacial score (nSPS) is 17.4. The van der Waals surface area contributed by atoms with E-state index in [2.05, 4.69) is 56.5 Å². The average molecular weight is 517 g/mol. The number of hydrogen-bond acceptors (Lipinski definition) is 4. The van der Waals surface area contributed by atoms with Crippen LogP contribution in [0.1, 0.15) is 66.8 Å². The Morgan fingerprint density at radius 1 is 1.03 bits per heavy atom. The molecule has 2 aromatic carbocycles. The first-order chi connectivity index (χ1) is 17.8. The first-order valence-corrected chi connectivity index (χ1v) is 14.1. The Bertz CT molecular complexity index is 1230. The fraction of sp³-hybridized carbons (Fsp3) is 0.419. The zero-order chi connectivity index (χ0) is 26.0. The summed E-state index contributed by atoms with van der Waals surface area (Å²) in [6.07, 6.45) is 2.75. The van der Waals surface area contributed by atoms with Crippen molar-refractivity contribution in [2.24, 2.45) is 0 Å². The second kappa shape index (κ2) is 10.8. The first-order valence-electron chi connectivity index (χ1n) is 13.2. The fourth-order valence-corrected chi connectivity index (χ4v) is 5.97. The molecule has 5 rings (SSSR count). The van der Waals surface area contributed by atoms with Crippen molar-refractivity contribution < 1.29 is 14.3 Å². The zero-order valence-electron chi connectivity index (χ0n) is 22.0. The summed E-state index contributed by atoms with van der Waals surface area (Å²) >= 11 is 1.77. The first kappa shape index (κ1) is 25.7. The predicted octanol–water partition coefficient (Wildman–Crippen LogP) is 5.73. The van der Waals surface area contributed by atoms with Crippen molar-refractivity contribution in [2.45, 2.75) is 64.1 Å². The number of fused-ring (bicyclic) bond motifs is 1.